The average molecular weight is 447 g/mol. The summed E-state index contributed by atoms with van der Waals surface area (Å²) in [6, 6.07) is 9.96. The van der Waals surface area contributed by atoms with E-state index in [9.17, 15) is 28.4 Å². The van der Waals surface area contributed by atoms with Crippen LogP contribution in [-0.4, -0.2) is 53.0 Å². The highest BCUT2D eigenvalue weighted by Crippen LogP contribution is 2.19. The maximum atomic E-state index is 11.3. The molecule has 0 fully saturated rings. The maximum absolute atomic E-state index is 11.3. The lowest BCUT2D eigenvalue weighted by Gasteiger charge is -2.16. The van der Waals surface area contributed by atoms with E-state index in [0.29, 0.717) is 10.6 Å². The first-order chi connectivity index (χ1) is 13.5. The fourth-order valence-corrected chi connectivity index (χ4v) is 3.20. The van der Waals surface area contributed by atoms with Crippen molar-refractivity contribution < 1.29 is 33.5 Å². The molecule has 2 atom stereocenters. The highest BCUT2D eigenvalue weighted by molar-refractivity contribution is 7.92. The molecule has 29 heavy (non-hydrogen) atoms. The number of carboxylic acids is 1. The first kappa shape index (κ1) is 24.5. The summed E-state index contributed by atoms with van der Waals surface area (Å²) >= 11 is 5.56. The first-order valence-corrected chi connectivity index (χ1v) is 10.00. The molecule has 2 aromatic rings. The quantitative estimate of drug-likeness (QED) is 0.358. The van der Waals surface area contributed by atoms with Gasteiger partial charge >= 0.3 is 5.97 Å². The number of non-ortho nitro benzene ring substituents is 1. The zero-order chi connectivity index (χ0) is 22.2. The highest BCUT2D eigenvalue weighted by atomic mass is 35.5. The number of nitrogens with two attached hydrogens (primary N) is 1. The molecule has 5 N–H and O–H groups in total. The molecule has 10 nitrogen and oxygen atoms in total. The maximum Gasteiger partial charge on any atom is 0.319 e. The molecule has 2 unspecified atom stereocenters. The van der Waals surface area contributed by atoms with Gasteiger partial charge in [0.25, 0.3) is 5.69 Å². The SMILES string of the molecule is NC(CO)C(O)c1ccc([N+](=O)[O-])cc1.O=C(O)CS(=O)(=O)c1ccc(Cl)cc1. The summed E-state index contributed by atoms with van der Waals surface area (Å²) in [4.78, 5) is 20.0. The van der Waals surface area contributed by atoms with E-state index >= 15 is 0 Å². The Balaban J connectivity index is 0.000000291. The van der Waals surface area contributed by atoms with E-state index in [1.165, 1.54) is 48.5 Å². The summed E-state index contributed by atoms with van der Waals surface area (Å²) in [7, 11) is -3.73. The standard InChI is InChI=1S/C9H12N2O4.C8H7ClO4S/c10-8(5-12)9(13)6-1-3-7(4-2-6)11(14)15;9-6-1-3-7(4-2-6)14(12,13)5-8(10)11/h1-4,8-9,12-13H,5,10H2;1-4H,5H2,(H,10,11). The van der Waals surface area contributed by atoms with Crippen LogP contribution in [0, 0.1) is 10.1 Å². The Morgan fingerprint density at radius 1 is 1.14 bits per heavy atom. The van der Waals surface area contributed by atoms with Crippen LogP contribution in [0.4, 0.5) is 5.69 Å². The Morgan fingerprint density at radius 3 is 2.07 bits per heavy atom. The highest BCUT2D eigenvalue weighted by Gasteiger charge is 2.18. The second-order valence-electron chi connectivity index (χ2n) is 5.75. The van der Waals surface area contributed by atoms with Crippen molar-refractivity contribution in [1.82, 2.24) is 0 Å². The van der Waals surface area contributed by atoms with E-state index in [-0.39, 0.29) is 17.2 Å². The van der Waals surface area contributed by atoms with E-state index in [0.717, 1.165) is 0 Å². The van der Waals surface area contributed by atoms with Crippen LogP contribution in [0.15, 0.2) is 53.4 Å². The molecule has 0 aromatic heterocycles. The van der Waals surface area contributed by atoms with Crippen molar-refractivity contribution in [3.8, 4) is 0 Å². The monoisotopic (exact) mass is 446 g/mol. The van der Waals surface area contributed by atoms with E-state index in [4.69, 9.17) is 27.5 Å². The van der Waals surface area contributed by atoms with Crippen LogP contribution in [0.1, 0.15) is 11.7 Å². The van der Waals surface area contributed by atoms with Crippen LogP contribution in [0.5, 0.6) is 0 Å². The third kappa shape index (κ3) is 7.75. The summed E-state index contributed by atoms with van der Waals surface area (Å²) in [5.41, 5.74) is 5.81. The fourth-order valence-electron chi connectivity index (χ4n) is 2.03. The van der Waals surface area contributed by atoms with Gasteiger partial charge in [0.2, 0.25) is 0 Å². The molecule has 0 radical (unpaired) electrons. The Bertz CT molecular complexity index is 933. The lowest BCUT2D eigenvalue weighted by molar-refractivity contribution is -0.384. The number of sulfone groups is 1. The molecule has 0 aliphatic rings. The number of hydrogen-bond acceptors (Lipinski definition) is 8. The number of halogens is 1. The van der Waals surface area contributed by atoms with Gasteiger partial charge in [-0.2, -0.15) is 0 Å². The van der Waals surface area contributed by atoms with Gasteiger partial charge in [-0.05, 0) is 42.0 Å². The molecule has 0 saturated heterocycles. The van der Waals surface area contributed by atoms with E-state index in [1.807, 2.05) is 0 Å². The molecule has 2 aromatic carbocycles. The van der Waals surface area contributed by atoms with Gasteiger partial charge in [0.15, 0.2) is 15.6 Å². The molecule has 0 amide bonds. The third-order valence-electron chi connectivity index (χ3n) is 3.55. The molecule has 0 saturated carbocycles. The number of carboxylic acid groups (broad SMARTS) is 1. The second kappa shape index (κ2) is 10.8. The molecule has 0 aliphatic heterocycles. The lowest BCUT2D eigenvalue weighted by atomic mass is 10.0. The number of nitro benzene ring substituents is 1. The largest absolute Gasteiger partial charge is 0.480 e. The van der Waals surface area contributed by atoms with E-state index < -0.39 is 38.6 Å². The number of hydrogen-bond donors (Lipinski definition) is 4. The zero-order valence-electron chi connectivity index (χ0n) is 14.9. The van der Waals surface area contributed by atoms with Crippen molar-refractivity contribution in [2.45, 2.75) is 17.0 Å². The Kier molecular flexibility index (Phi) is 9.14. The Labute approximate surface area is 171 Å². The second-order valence-corrected chi connectivity index (χ2v) is 8.17. The van der Waals surface area contributed by atoms with E-state index in [2.05, 4.69) is 0 Å². The third-order valence-corrected chi connectivity index (χ3v) is 5.42. The van der Waals surface area contributed by atoms with Crippen LogP contribution in [0.3, 0.4) is 0 Å². The van der Waals surface area contributed by atoms with Crippen LogP contribution < -0.4 is 5.73 Å². The summed E-state index contributed by atoms with van der Waals surface area (Å²) in [5, 5.41) is 37.4. The summed E-state index contributed by atoms with van der Waals surface area (Å²) in [6.07, 6.45) is -1.02. The number of aliphatic carboxylic acids is 1. The number of aliphatic hydroxyl groups excluding tert-OH is 2. The number of nitro groups is 1. The minimum atomic E-state index is -3.73. The van der Waals surface area contributed by atoms with Gasteiger partial charge in [-0.25, -0.2) is 8.42 Å². The summed E-state index contributed by atoms with van der Waals surface area (Å²) in [5.74, 6) is -2.28. The minimum Gasteiger partial charge on any atom is -0.480 e. The van der Waals surface area contributed by atoms with Gasteiger partial charge in [-0.15, -0.1) is 0 Å². The summed E-state index contributed by atoms with van der Waals surface area (Å²) in [6.45, 7) is -0.349. The van der Waals surface area contributed by atoms with Crippen LogP contribution in [0.2, 0.25) is 5.02 Å². The molecular weight excluding hydrogens is 428 g/mol. The molecule has 12 heteroatoms. The summed E-state index contributed by atoms with van der Waals surface area (Å²) < 4.78 is 22.7. The predicted molar refractivity (Wildman–Crippen MR) is 104 cm³/mol. The normalized spacial score (nSPS) is 13.0. The van der Waals surface area contributed by atoms with Gasteiger partial charge in [0.1, 0.15) is 0 Å². The molecule has 0 heterocycles. The van der Waals surface area contributed by atoms with Crippen molar-refractivity contribution in [1.29, 1.82) is 0 Å². The van der Waals surface area contributed by atoms with Crippen molar-refractivity contribution in [2.24, 2.45) is 5.73 Å². The van der Waals surface area contributed by atoms with Crippen molar-refractivity contribution in [3.63, 3.8) is 0 Å². The first-order valence-electron chi connectivity index (χ1n) is 7.97. The van der Waals surface area contributed by atoms with E-state index in [1.54, 1.807) is 0 Å². The van der Waals surface area contributed by atoms with Gasteiger partial charge in [0.05, 0.1) is 28.6 Å². The topological polar surface area (TPSA) is 181 Å². The molecule has 158 valence electrons. The number of carbonyl (C=O) groups is 1. The number of aliphatic hydroxyl groups is 2. The van der Waals surface area contributed by atoms with Gasteiger partial charge < -0.3 is 21.1 Å². The lowest BCUT2D eigenvalue weighted by Crippen LogP contribution is -2.31. The number of nitrogens with zero attached hydrogens (tertiary/aromatic N) is 1. The molecular formula is C17H19ClN2O8S. The number of rotatable bonds is 7. The van der Waals surface area contributed by atoms with Crippen LogP contribution in [0.25, 0.3) is 0 Å². The Morgan fingerprint density at radius 2 is 1.66 bits per heavy atom. The van der Waals surface area contributed by atoms with Gasteiger partial charge in [-0.1, -0.05) is 11.6 Å². The van der Waals surface area contributed by atoms with Crippen molar-refractivity contribution >= 4 is 33.1 Å². The number of benzene rings is 2. The fraction of sp³-hybridized carbons (Fsp3) is 0.235. The predicted octanol–water partition coefficient (Wildman–Crippen LogP) is 1.15. The minimum absolute atomic E-state index is 0.0377. The molecule has 2 rings (SSSR count). The van der Waals surface area contributed by atoms with Gasteiger partial charge in [0, 0.05) is 17.2 Å². The average Bonchev–Trinajstić information content (AvgIpc) is 2.66. The molecule has 0 aliphatic carbocycles. The zero-order valence-corrected chi connectivity index (χ0v) is 16.5. The Hall–Kier alpha value is -2.57. The smallest absolute Gasteiger partial charge is 0.319 e. The van der Waals surface area contributed by atoms with Crippen molar-refractivity contribution in [3.05, 3.63) is 69.2 Å². The molecule has 0 bridgehead atoms. The van der Waals surface area contributed by atoms with Crippen LogP contribution >= 0.6 is 11.6 Å². The molecule has 0 spiro atoms. The van der Waals surface area contributed by atoms with Gasteiger partial charge in [-0.3, -0.25) is 14.9 Å². The van der Waals surface area contributed by atoms with Crippen LogP contribution in [-0.2, 0) is 14.6 Å². The van der Waals surface area contributed by atoms with Crippen molar-refractivity contribution in [2.75, 3.05) is 12.4 Å².